The van der Waals surface area contributed by atoms with E-state index in [2.05, 4.69) is 28.7 Å². The maximum Gasteiger partial charge on any atom is 0.0931 e. The number of rotatable bonds is 5. The minimum Gasteiger partial charge on any atom is -0.310 e. The maximum absolute atomic E-state index is 5.92. The summed E-state index contributed by atoms with van der Waals surface area (Å²) < 4.78 is 0.848. The van der Waals surface area contributed by atoms with Gasteiger partial charge in [0.25, 0.3) is 0 Å². The average molecular weight is 267 g/mol. The minimum absolute atomic E-state index is 0.343. The standard InChI is InChI=1S/C13H15ClN2S/c1-10(12-7-13(14)17-9-12)16-6-4-11-3-2-5-15-8-11/h2-3,5,7-10,16H,4,6H2,1H3. The maximum atomic E-state index is 5.92. The molecular weight excluding hydrogens is 252 g/mol. The molecule has 2 aromatic heterocycles. The summed E-state index contributed by atoms with van der Waals surface area (Å²) in [4.78, 5) is 4.10. The van der Waals surface area contributed by atoms with Crippen molar-refractivity contribution in [2.24, 2.45) is 0 Å². The lowest BCUT2D eigenvalue weighted by Crippen LogP contribution is -2.20. The molecule has 4 heteroatoms. The van der Waals surface area contributed by atoms with Gasteiger partial charge in [-0.3, -0.25) is 4.98 Å². The Morgan fingerprint density at radius 1 is 1.53 bits per heavy atom. The summed E-state index contributed by atoms with van der Waals surface area (Å²) in [5, 5.41) is 5.58. The minimum atomic E-state index is 0.343. The largest absolute Gasteiger partial charge is 0.310 e. The Labute approximate surface area is 111 Å². The SMILES string of the molecule is CC(NCCc1cccnc1)c1csc(Cl)c1. The number of nitrogens with zero attached hydrogens (tertiary/aromatic N) is 1. The van der Waals surface area contributed by atoms with Gasteiger partial charge in [-0.25, -0.2) is 0 Å². The van der Waals surface area contributed by atoms with E-state index in [4.69, 9.17) is 11.6 Å². The van der Waals surface area contributed by atoms with Crippen LogP contribution in [0.1, 0.15) is 24.1 Å². The van der Waals surface area contributed by atoms with Crippen LogP contribution in [-0.4, -0.2) is 11.5 Å². The summed E-state index contributed by atoms with van der Waals surface area (Å²) in [6, 6.07) is 6.43. The number of nitrogens with one attached hydrogen (secondary N) is 1. The monoisotopic (exact) mass is 266 g/mol. The summed E-state index contributed by atoms with van der Waals surface area (Å²) in [6.07, 6.45) is 4.71. The number of aromatic nitrogens is 1. The van der Waals surface area contributed by atoms with Crippen LogP contribution in [0.4, 0.5) is 0 Å². The smallest absolute Gasteiger partial charge is 0.0931 e. The van der Waals surface area contributed by atoms with Gasteiger partial charge in [-0.2, -0.15) is 0 Å². The first-order valence-electron chi connectivity index (χ1n) is 5.62. The third-order valence-corrected chi connectivity index (χ3v) is 3.78. The van der Waals surface area contributed by atoms with Gasteiger partial charge in [0.15, 0.2) is 0 Å². The molecule has 1 atom stereocenters. The molecule has 1 unspecified atom stereocenters. The van der Waals surface area contributed by atoms with Crippen LogP contribution < -0.4 is 5.32 Å². The van der Waals surface area contributed by atoms with Gasteiger partial charge in [0.2, 0.25) is 0 Å². The highest BCUT2D eigenvalue weighted by Gasteiger charge is 2.06. The van der Waals surface area contributed by atoms with E-state index < -0.39 is 0 Å². The van der Waals surface area contributed by atoms with Crippen LogP contribution in [0.5, 0.6) is 0 Å². The van der Waals surface area contributed by atoms with Gasteiger partial charge >= 0.3 is 0 Å². The summed E-state index contributed by atoms with van der Waals surface area (Å²) in [5.41, 5.74) is 2.52. The van der Waals surface area contributed by atoms with Crippen molar-refractivity contribution < 1.29 is 0 Å². The van der Waals surface area contributed by atoms with Gasteiger partial charge in [0.1, 0.15) is 0 Å². The fourth-order valence-corrected chi connectivity index (χ4v) is 2.63. The Hall–Kier alpha value is -0.900. The van der Waals surface area contributed by atoms with Crippen molar-refractivity contribution in [1.82, 2.24) is 10.3 Å². The lowest BCUT2D eigenvalue weighted by molar-refractivity contribution is 0.578. The predicted octanol–water partition coefficient (Wildman–Crippen LogP) is 3.69. The molecule has 2 rings (SSSR count). The quantitative estimate of drug-likeness (QED) is 0.893. The Morgan fingerprint density at radius 2 is 2.41 bits per heavy atom. The summed E-state index contributed by atoms with van der Waals surface area (Å²) in [6.45, 7) is 3.10. The van der Waals surface area contributed by atoms with E-state index in [1.165, 1.54) is 11.1 Å². The van der Waals surface area contributed by atoms with Gasteiger partial charge in [-0.1, -0.05) is 17.7 Å². The first-order valence-corrected chi connectivity index (χ1v) is 6.87. The second-order valence-corrected chi connectivity index (χ2v) is 5.51. The average Bonchev–Trinajstić information content (AvgIpc) is 2.77. The lowest BCUT2D eigenvalue weighted by Gasteiger charge is -2.12. The Bertz CT molecular complexity index is 455. The van der Waals surface area contributed by atoms with E-state index in [0.717, 1.165) is 17.3 Å². The molecule has 0 aliphatic carbocycles. The molecule has 2 heterocycles. The van der Waals surface area contributed by atoms with Crippen LogP contribution in [0.25, 0.3) is 0 Å². The molecular formula is C13H15ClN2S. The zero-order valence-electron chi connectivity index (χ0n) is 9.69. The topological polar surface area (TPSA) is 24.9 Å². The van der Waals surface area contributed by atoms with Gasteiger partial charge < -0.3 is 5.32 Å². The van der Waals surface area contributed by atoms with Gasteiger partial charge in [0, 0.05) is 18.4 Å². The number of pyridine rings is 1. The molecule has 2 aromatic rings. The fraction of sp³-hybridized carbons (Fsp3) is 0.308. The molecule has 0 radical (unpaired) electrons. The molecule has 0 aliphatic heterocycles. The number of hydrogen-bond acceptors (Lipinski definition) is 3. The molecule has 17 heavy (non-hydrogen) atoms. The Balaban J connectivity index is 1.79. The molecule has 0 bridgehead atoms. The van der Waals surface area contributed by atoms with Crippen LogP contribution >= 0.6 is 22.9 Å². The van der Waals surface area contributed by atoms with Crippen molar-refractivity contribution >= 4 is 22.9 Å². The normalized spacial score (nSPS) is 12.6. The van der Waals surface area contributed by atoms with Gasteiger partial charge in [-0.15, -0.1) is 11.3 Å². The van der Waals surface area contributed by atoms with Crippen molar-refractivity contribution in [3.05, 3.63) is 51.4 Å². The van der Waals surface area contributed by atoms with Crippen molar-refractivity contribution in [3.63, 3.8) is 0 Å². The van der Waals surface area contributed by atoms with Gasteiger partial charge in [0.05, 0.1) is 4.34 Å². The lowest BCUT2D eigenvalue weighted by atomic mass is 10.1. The first kappa shape index (κ1) is 12.6. The molecule has 0 aromatic carbocycles. The summed E-state index contributed by atoms with van der Waals surface area (Å²) in [7, 11) is 0. The third kappa shape index (κ3) is 3.80. The van der Waals surface area contributed by atoms with Crippen LogP contribution in [0.3, 0.4) is 0 Å². The third-order valence-electron chi connectivity index (χ3n) is 2.67. The summed E-state index contributed by atoms with van der Waals surface area (Å²) in [5.74, 6) is 0. The van der Waals surface area contributed by atoms with Crippen molar-refractivity contribution in [2.75, 3.05) is 6.54 Å². The van der Waals surface area contributed by atoms with Gasteiger partial charge in [-0.05, 0) is 48.5 Å². The number of thiophene rings is 1. The zero-order chi connectivity index (χ0) is 12.1. The molecule has 0 saturated carbocycles. The molecule has 0 aliphatic rings. The number of halogens is 1. The van der Waals surface area contributed by atoms with Crippen molar-refractivity contribution in [3.8, 4) is 0 Å². The van der Waals surface area contributed by atoms with E-state index in [-0.39, 0.29) is 0 Å². The second-order valence-electron chi connectivity index (χ2n) is 3.97. The van der Waals surface area contributed by atoms with E-state index in [1.54, 1.807) is 17.5 Å². The van der Waals surface area contributed by atoms with Crippen LogP contribution in [0.15, 0.2) is 36.0 Å². The Kier molecular flexibility index (Phi) is 4.54. The second kappa shape index (κ2) is 6.15. The van der Waals surface area contributed by atoms with E-state index >= 15 is 0 Å². The van der Waals surface area contributed by atoms with Crippen LogP contribution in [0.2, 0.25) is 4.34 Å². The highest BCUT2D eigenvalue weighted by molar-refractivity contribution is 7.14. The van der Waals surface area contributed by atoms with Crippen molar-refractivity contribution in [1.29, 1.82) is 0 Å². The highest BCUT2D eigenvalue weighted by Crippen LogP contribution is 2.24. The molecule has 0 saturated heterocycles. The molecule has 0 fully saturated rings. The van der Waals surface area contributed by atoms with E-state index in [9.17, 15) is 0 Å². The van der Waals surface area contributed by atoms with E-state index in [0.29, 0.717) is 6.04 Å². The molecule has 1 N–H and O–H groups in total. The predicted molar refractivity (Wildman–Crippen MR) is 73.7 cm³/mol. The molecule has 0 amide bonds. The Morgan fingerprint density at radius 3 is 3.06 bits per heavy atom. The molecule has 2 nitrogen and oxygen atoms in total. The molecule has 90 valence electrons. The van der Waals surface area contributed by atoms with E-state index in [1.807, 2.05) is 18.3 Å². The molecule has 0 spiro atoms. The first-order chi connectivity index (χ1) is 8.25. The fourth-order valence-electron chi connectivity index (χ4n) is 1.65. The summed E-state index contributed by atoms with van der Waals surface area (Å²) >= 11 is 7.49. The number of hydrogen-bond donors (Lipinski definition) is 1. The van der Waals surface area contributed by atoms with Crippen LogP contribution in [-0.2, 0) is 6.42 Å². The highest BCUT2D eigenvalue weighted by atomic mass is 35.5. The van der Waals surface area contributed by atoms with Crippen molar-refractivity contribution in [2.45, 2.75) is 19.4 Å². The zero-order valence-corrected chi connectivity index (χ0v) is 11.3. The van der Waals surface area contributed by atoms with Crippen LogP contribution in [0, 0.1) is 0 Å².